The molecule has 0 spiro atoms. The second kappa shape index (κ2) is 3.68. The zero-order valence-electron chi connectivity index (χ0n) is 10.6. The first kappa shape index (κ1) is 11.8. The molecule has 2 aliphatic rings. The second-order valence-corrected chi connectivity index (χ2v) is 6.29. The summed E-state index contributed by atoms with van der Waals surface area (Å²) in [5.41, 5.74) is -0.463. The summed E-state index contributed by atoms with van der Waals surface area (Å²) >= 11 is 0. The molecule has 2 saturated carbocycles. The SMILES string of the molecule is CC(=O)[C@]1(C)C[C@@]2(C)CCCC[C@@H]2CC1=O. The van der Waals surface area contributed by atoms with E-state index < -0.39 is 5.41 Å². The number of ketones is 2. The summed E-state index contributed by atoms with van der Waals surface area (Å²) in [4.78, 5) is 23.9. The molecule has 2 fully saturated rings. The van der Waals surface area contributed by atoms with Crippen LogP contribution in [0.3, 0.4) is 0 Å². The van der Waals surface area contributed by atoms with Gasteiger partial charge in [0.1, 0.15) is 11.6 Å². The zero-order chi connectivity index (χ0) is 12.0. The van der Waals surface area contributed by atoms with E-state index in [2.05, 4.69) is 6.92 Å². The van der Waals surface area contributed by atoms with Crippen molar-refractivity contribution in [3.8, 4) is 0 Å². The highest BCUT2D eigenvalue weighted by Crippen LogP contribution is 2.54. The van der Waals surface area contributed by atoms with E-state index in [1.807, 2.05) is 6.92 Å². The van der Waals surface area contributed by atoms with E-state index in [4.69, 9.17) is 0 Å². The standard InChI is InChI=1S/C14H22O2/c1-10(15)14(3)9-13(2)7-5-4-6-11(13)8-12(14)16/h11H,4-9H2,1-3H3/t11-,13-,14+/m1/s1. The highest BCUT2D eigenvalue weighted by atomic mass is 16.2. The first-order chi connectivity index (χ1) is 7.38. The van der Waals surface area contributed by atoms with Crippen molar-refractivity contribution >= 4 is 11.6 Å². The first-order valence-electron chi connectivity index (χ1n) is 6.43. The molecule has 2 nitrogen and oxygen atoms in total. The van der Waals surface area contributed by atoms with Gasteiger partial charge < -0.3 is 0 Å². The van der Waals surface area contributed by atoms with Gasteiger partial charge in [0, 0.05) is 6.42 Å². The summed E-state index contributed by atoms with van der Waals surface area (Å²) in [6, 6.07) is 0. The molecule has 0 aromatic rings. The maximum atomic E-state index is 12.1. The van der Waals surface area contributed by atoms with Gasteiger partial charge in [-0.15, -0.1) is 0 Å². The van der Waals surface area contributed by atoms with Crippen molar-refractivity contribution < 1.29 is 9.59 Å². The van der Waals surface area contributed by atoms with Gasteiger partial charge in [-0.1, -0.05) is 19.8 Å². The Kier molecular flexibility index (Phi) is 2.72. The molecule has 2 aliphatic carbocycles. The monoisotopic (exact) mass is 222 g/mol. The molecule has 0 aromatic heterocycles. The van der Waals surface area contributed by atoms with Crippen LogP contribution in [0, 0.1) is 16.7 Å². The van der Waals surface area contributed by atoms with E-state index >= 15 is 0 Å². The van der Waals surface area contributed by atoms with Crippen LogP contribution in [0.5, 0.6) is 0 Å². The lowest BCUT2D eigenvalue weighted by atomic mass is 9.53. The molecule has 3 atom stereocenters. The number of carbonyl (C=O) groups is 2. The van der Waals surface area contributed by atoms with E-state index in [0.29, 0.717) is 12.3 Å². The number of fused-ring (bicyclic) bond motifs is 1. The van der Waals surface area contributed by atoms with Crippen LogP contribution in [0.2, 0.25) is 0 Å². The minimum absolute atomic E-state index is 0.0581. The Balaban J connectivity index is 2.29. The molecule has 0 N–H and O–H groups in total. The van der Waals surface area contributed by atoms with Gasteiger partial charge in [0.15, 0.2) is 0 Å². The van der Waals surface area contributed by atoms with Crippen LogP contribution in [0.25, 0.3) is 0 Å². The molecule has 16 heavy (non-hydrogen) atoms. The van der Waals surface area contributed by atoms with Crippen LogP contribution < -0.4 is 0 Å². The normalized spacial score (nSPS) is 43.9. The molecule has 0 saturated heterocycles. The smallest absolute Gasteiger partial charge is 0.146 e. The number of carbonyl (C=O) groups excluding carboxylic acids is 2. The average molecular weight is 222 g/mol. The average Bonchev–Trinajstić information content (AvgIpc) is 2.19. The van der Waals surface area contributed by atoms with Gasteiger partial charge in [0.2, 0.25) is 0 Å². The maximum absolute atomic E-state index is 12.1. The molecule has 0 radical (unpaired) electrons. The van der Waals surface area contributed by atoms with Crippen molar-refractivity contribution in [1.29, 1.82) is 0 Å². The van der Waals surface area contributed by atoms with Crippen molar-refractivity contribution in [2.45, 2.75) is 59.3 Å². The summed E-state index contributed by atoms with van der Waals surface area (Å²) in [7, 11) is 0. The lowest BCUT2D eigenvalue weighted by molar-refractivity contribution is -0.149. The molecule has 0 unspecified atom stereocenters. The summed E-state index contributed by atoms with van der Waals surface area (Å²) in [5.74, 6) is 0.772. The fourth-order valence-electron chi connectivity index (χ4n) is 3.73. The molecule has 0 aromatic carbocycles. The summed E-state index contributed by atoms with van der Waals surface area (Å²) in [6.45, 7) is 5.71. The Morgan fingerprint density at radius 3 is 2.62 bits per heavy atom. The van der Waals surface area contributed by atoms with E-state index in [9.17, 15) is 9.59 Å². The van der Waals surface area contributed by atoms with Gasteiger partial charge in [-0.2, -0.15) is 0 Å². The third-order valence-electron chi connectivity index (χ3n) is 5.12. The maximum Gasteiger partial charge on any atom is 0.146 e. The van der Waals surface area contributed by atoms with Gasteiger partial charge in [0.25, 0.3) is 0 Å². The Bertz CT molecular complexity index is 334. The van der Waals surface area contributed by atoms with E-state index in [1.54, 1.807) is 6.92 Å². The molecule has 90 valence electrons. The van der Waals surface area contributed by atoms with Crippen LogP contribution in [0.1, 0.15) is 59.3 Å². The third kappa shape index (κ3) is 1.63. The Hall–Kier alpha value is -0.660. The fraction of sp³-hybridized carbons (Fsp3) is 0.857. The molecule has 2 rings (SSSR count). The van der Waals surface area contributed by atoms with Crippen molar-refractivity contribution in [3.63, 3.8) is 0 Å². The Morgan fingerprint density at radius 2 is 2.00 bits per heavy atom. The fourth-order valence-corrected chi connectivity index (χ4v) is 3.73. The molecule has 0 aliphatic heterocycles. The quantitative estimate of drug-likeness (QED) is 0.639. The Labute approximate surface area is 97.8 Å². The molecular formula is C14H22O2. The van der Waals surface area contributed by atoms with E-state index in [0.717, 1.165) is 6.42 Å². The minimum atomic E-state index is -0.692. The van der Waals surface area contributed by atoms with Crippen LogP contribution in [-0.4, -0.2) is 11.6 Å². The summed E-state index contributed by atoms with van der Waals surface area (Å²) in [6.07, 6.45) is 6.29. The molecule has 2 heteroatoms. The summed E-state index contributed by atoms with van der Waals surface area (Å²) in [5, 5.41) is 0. The number of rotatable bonds is 1. The van der Waals surface area contributed by atoms with Gasteiger partial charge in [0.05, 0.1) is 5.41 Å². The van der Waals surface area contributed by atoms with E-state index in [-0.39, 0.29) is 17.0 Å². The first-order valence-corrected chi connectivity index (χ1v) is 6.43. The van der Waals surface area contributed by atoms with Crippen molar-refractivity contribution in [3.05, 3.63) is 0 Å². The zero-order valence-corrected chi connectivity index (χ0v) is 10.6. The minimum Gasteiger partial charge on any atom is -0.299 e. The largest absolute Gasteiger partial charge is 0.299 e. The highest BCUT2D eigenvalue weighted by Gasteiger charge is 2.52. The third-order valence-corrected chi connectivity index (χ3v) is 5.12. The van der Waals surface area contributed by atoms with Crippen molar-refractivity contribution in [1.82, 2.24) is 0 Å². The summed E-state index contributed by atoms with van der Waals surface area (Å²) < 4.78 is 0. The van der Waals surface area contributed by atoms with Crippen molar-refractivity contribution in [2.24, 2.45) is 16.7 Å². The molecule has 0 heterocycles. The lowest BCUT2D eigenvalue weighted by Gasteiger charge is -2.50. The van der Waals surface area contributed by atoms with Crippen LogP contribution in [0.4, 0.5) is 0 Å². The predicted molar refractivity (Wildman–Crippen MR) is 63.1 cm³/mol. The van der Waals surface area contributed by atoms with E-state index in [1.165, 1.54) is 25.7 Å². The topological polar surface area (TPSA) is 34.1 Å². The van der Waals surface area contributed by atoms with Crippen LogP contribution in [0.15, 0.2) is 0 Å². The number of Topliss-reactive ketones (excluding diaryl/α,β-unsaturated/α-hetero) is 2. The highest BCUT2D eigenvalue weighted by molar-refractivity contribution is 6.06. The molecule has 0 amide bonds. The lowest BCUT2D eigenvalue weighted by Crippen LogP contribution is -2.49. The molecule has 0 bridgehead atoms. The van der Waals surface area contributed by atoms with Crippen LogP contribution >= 0.6 is 0 Å². The van der Waals surface area contributed by atoms with Gasteiger partial charge in [-0.25, -0.2) is 0 Å². The van der Waals surface area contributed by atoms with Crippen molar-refractivity contribution in [2.75, 3.05) is 0 Å². The predicted octanol–water partition coefficient (Wildman–Crippen LogP) is 3.14. The second-order valence-electron chi connectivity index (χ2n) is 6.29. The van der Waals surface area contributed by atoms with Gasteiger partial charge in [-0.05, 0) is 44.4 Å². The Morgan fingerprint density at radius 1 is 1.31 bits per heavy atom. The van der Waals surface area contributed by atoms with Crippen LogP contribution in [-0.2, 0) is 9.59 Å². The molecular weight excluding hydrogens is 200 g/mol. The number of hydrogen-bond donors (Lipinski definition) is 0. The van der Waals surface area contributed by atoms with Gasteiger partial charge in [-0.3, -0.25) is 9.59 Å². The van der Waals surface area contributed by atoms with Gasteiger partial charge >= 0.3 is 0 Å². The number of hydrogen-bond acceptors (Lipinski definition) is 2.